The molecule has 0 spiro atoms. The Bertz CT molecular complexity index is 487. The van der Waals surface area contributed by atoms with E-state index in [1.165, 1.54) is 0 Å². The van der Waals surface area contributed by atoms with Crippen molar-refractivity contribution in [3.63, 3.8) is 0 Å². The Kier molecular flexibility index (Phi) is 4.85. The lowest BCUT2D eigenvalue weighted by Gasteiger charge is -2.56. The summed E-state index contributed by atoms with van der Waals surface area (Å²) in [6, 6.07) is -1.31. The van der Waals surface area contributed by atoms with E-state index in [2.05, 4.69) is 10.0 Å². The second-order valence-electron chi connectivity index (χ2n) is 8.22. The van der Waals surface area contributed by atoms with Crippen LogP contribution in [0.25, 0.3) is 10.4 Å². The molecule has 2 fully saturated rings. The number of azide groups is 1. The minimum Gasteiger partial charge on any atom is -0.391 e. The van der Waals surface area contributed by atoms with Crippen molar-refractivity contribution in [3.8, 4) is 0 Å². The van der Waals surface area contributed by atoms with Crippen LogP contribution in [0.5, 0.6) is 0 Å². The van der Waals surface area contributed by atoms with Crippen LogP contribution in [-0.2, 0) is 13.6 Å². The molecule has 9 heteroatoms. The maximum absolute atomic E-state index is 14.0. The van der Waals surface area contributed by atoms with Gasteiger partial charge in [-0.3, -0.25) is 0 Å². The second-order valence-corrected chi connectivity index (χ2v) is 13.0. The van der Waals surface area contributed by atoms with E-state index >= 15 is 0 Å². The third-order valence-corrected chi connectivity index (χ3v) is 9.67. The first-order chi connectivity index (χ1) is 10.4. The molecule has 2 rings (SSSR count). The van der Waals surface area contributed by atoms with Crippen LogP contribution in [0, 0.1) is 0 Å². The maximum Gasteiger partial charge on any atom is 0.349 e. The van der Waals surface area contributed by atoms with Crippen molar-refractivity contribution in [3.05, 3.63) is 10.4 Å². The largest absolute Gasteiger partial charge is 0.391 e. The average molecular weight is 347 g/mol. The van der Waals surface area contributed by atoms with Crippen LogP contribution in [0.4, 0.5) is 4.39 Å². The zero-order valence-corrected chi connectivity index (χ0v) is 15.5. The number of rotatable bonds is 1. The predicted octanol–water partition coefficient (Wildman–Crippen LogP) is 3.18. The molecular weight excluding hydrogens is 321 g/mol. The molecule has 0 aliphatic carbocycles. The standard InChI is InChI=1S/C14H26FN3O4Si/c1-13(2,3)23(14(4,5)6)20-7-8-11(22-23)10(19)9(17-18-16)12(15)21-8/h8-12,19H,7H2,1-6H3/t8-,9-,10-,11+,12-/m1/s1. The number of nitrogens with zero attached hydrogens (tertiary/aromatic N) is 3. The van der Waals surface area contributed by atoms with Crippen molar-refractivity contribution < 1.29 is 23.1 Å². The van der Waals surface area contributed by atoms with Crippen molar-refractivity contribution in [1.29, 1.82) is 0 Å². The predicted molar refractivity (Wildman–Crippen MR) is 84.7 cm³/mol. The molecule has 2 saturated heterocycles. The molecule has 23 heavy (non-hydrogen) atoms. The van der Waals surface area contributed by atoms with Crippen molar-refractivity contribution >= 4 is 8.56 Å². The summed E-state index contributed by atoms with van der Waals surface area (Å²) < 4.78 is 31.7. The Morgan fingerprint density at radius 3 is 2.26 bits per heavy atom. The van der Waals surface area contributed by atoms with Crippen molar-refractivity contribution in [2.75, 3.05) is 6.61 Å². The molecule has 0 amide bonds. The van der Waals surface area contributed by atoms with E-state index in [0.717, 1.165) is 0 Å². The van der Waals surface area contributed by atoms with Gasteiger partial charge in [-0.25, -0.2) is 4.39 Å². The molecule has 1 N–H and O–H groups in total. The van der Waals surface area contributed by atoms with Gasteiger partial charge in [0.15, 0.2) is 0 Å². The fraction of sp³-hybridized carbons (Fsp3) is 1.00. The van der Waals surface area contributed by atoms with Crippen molar-refractivity contribution in [2.24, 2.45) is 5.11 Å². The summed E-state index contributed by atoms with van der Waals surface area (Å²) in [5.41, 5.74) is 8.58. The SMILES string of the molecule is CC(C)(C)[Si]1(C(C)(C)C)OC[C@H]2O[C@@H](F)[C@H](N=[N+]=[N-])[C@@H](O)[C@H]2O1. The summed E-state index contributed by atoms with van der Waals surface area (Å²) >= 11 is 0. The Morgan fingerprint density at radius 2 is 1.78 bits per heavy atom. The second kappa shape index (κ2) is 5.98. The number of fused-ring (bicyclic) bond motifs is 1. The van der Waals surface area contributed by atoms with Crippen molar-refractivity contribution in [1.82, 2.24) is 0 Å². The summed E-state index contributed by atoms with van der Waals surface area (Å²) in [4.78, 5) is 2.60. The number of aliphatic hydroxyl groups is 1. The first-order valence-corrected chi connectivity index (χ1v) is 9.60. The van der Waals surface area contributed by atoms with Crippen LogP contribution in [0.15, 0.2) is 5.11 Å². The van der Waals surface area contributed by atoms with Gasteiger partial charge in [0.2, 0.25) is 6.36 Å². The van der Waals surface area contributed by atoms with E-state index in [9.17, 15) is 9.50 Å². The van der Waals surface area contributed by atoms with Crippen molar-refractivity contribution in [2.45, 2.75) is 82.3 Å². The number of halogens is 1. The van der Waals surface area contributed by atoms with Gasteiger partial charge in [-0.2, -0.15) is 0 Å². The molecule has 5 atom stereocenters. The minimum atomic E-state index is -2.81. The van der Waals surface area contributed by atoms with Crippen LogP contribution < -0.4 is 0 Å². The van der Waals surface area contributed by atoms with Crippen LogP contribution in [0.1, 0.15) is 41.5 Å². The van der Waals surface area contributed by atoms with Crippen LogP contribution in [0.3, 0.4) is 0 Å². The van der Waals surface area contributed by atoms with Gasteiger partial charge in [0.1, 0.15) is 18.2 Å². The molecule has 0 radical (unpaired) electrons. The fourth-order valence-electron chi connectivity index (χ4n) is 3.69. The number of hydrogen-bond donors (Lipinski definition) is 1. The van der Waals surface area contributed by atoms with Gasteiger partial charge in [0.05, 0.1) is 12.7 Å². The number of alkyl halides is 1. The Morgan fingerprint density at radius 1 is 1.22 bits per heavy atom. The van der Waals surface area contributed by atoms with E-state index < -0.39 is 39.3 Å². The Hall–Kier alpha value is -0.703. The molecule has 0 aromatic rings. The molecule has 132 valence electrons. The average Bonchev–Trinajstić information content (AvgIpc) is 2.40. The van der Waals surface area contributed by atoms with Gasteiger partial charge in [0.25, 0.3) is 0 Å². The Balaban J connectivity index is 2.38. The van der Waals surface area contributed by atoms with E-state index in [-0.39, 0.29) is 16.7 Å². The normalized spacial score (nSPS) is 37.7. The molecule has 2 heterocycles. The van der Waals surface area contributed by atoms with E-state index in [1.807, 2.05) is 41.5 Å². The monoisotopic (exact) mass is 347 g/mol. The summed E-state index contributed by atoms with van der Waals surface area (Å²) in [6.07, 6.45) is -4.61. The van der Waals surface area contributed by atoms with Gasteiger partial charge < -0.3 is 18.7 Å². The minimum absolute atomic E-state index is 0.159. The summed E-state index contributed by atoms with van der Waals surface area (Å²) in [5.74, 6) is 0. The van der Waals surface area contributed by atoms with Crippen LogP contribution in [0.2, 0.25) is 10.1 Å². The molecule has 2 aliphatic heterocycles. The molecule has 0 saturated carbocycles. The maximum atomic E-state index is 14.0. The zero-order chi connectivity index (χ0) is 17.6. The van der Waals surface area contributed by atoms with Gasteiger partial charge in [-0.05, 0) is 5.53 Å². The third-order valence-electron chi connectivity index (χ3n) is 4.54. The topological polar surface area (TPSA) is 96.7 Å². The quantitative estimate of drug-likeness (QED) is 0.341. The lowest BCUT2D eigenvalue weighted by Crippen LogP contribution is -2.70. The Labute approximate surface area is 137 Å². The molecule has 0 bridgehead atoms. The first kappa shape index (κ1) is 18.6. The number of hydrogen-bond acceptors (Lipinski definition) is 5. The lowest BCUT2D eigenvalue weighted by atomic mass is 9.98. The molecule has 2 aliphatic rings. The zero-order valence-electron chi connectivity index (χ0n) is 14.5. The van der Waals surface area contributed by atoms with E-state index in [0.29, 0.717) is 0 Å². The third kappa shape index (κ3) is 3.01. The molecule has 0 aromatic heterocycles. The highest BCUT2D eigenvalue weighted by molar-refractivity contribution is 6.73. The first-order valence-electron chi connectivity index (χ1n) is 7.78. The van der Waals surface area contributed by atoms with Crippen LogP contribution in [-0.4, -0.2) is 51.0 Å². The highest BCUT2D eigenvalue weighted by atomic mass is 28.4. The fourth-order valence-corrected chi connectivity index (χ4v) is 8.66. The van der Waals surface area contributed by atoms with E-state index in [4.69, 9.17) is 19.1 Å². The molecule has 7 nitrogen and oxygen atoms in total. The molecular formula is C14H26FN3O4Si. The molecule has 0 aromatic carbocycles. The smallest absolute Gasteiger partial charge is 0.349 e. The number of aliphatic hydroxyl groups excluding tert-OH is 1. The van der Waals surface area contributed by atoms with Gasteiger partial charge in [-0.15, -0.1) is 0 Å². The van der Waals surface area contributed by atoms with Crippen LogP contribution >= 0.6 is 0 Å². The van der Waals surface area contributed by atoms with E-state index in [1.54, 1.807) is 0 Å². The highest BCUT2D eigenvalue weighted by Gasteiger charge is 2.64. The van der Waals surface area contributed by atoms with Gasteiger partial charge in [-0.1, -0.05) is 46.7 Å². The highest BCUT2D eigenvalue weighted by Crippen LogP contribution is 2.55. The summed E-state index contributed by atoms with van der Waals surface area (Å²) in [6.45, 7) is 12.4. The van der Waals surface area contributed by atoms with Gasteiger partial charge >= 0.3 is 8.56 Å². The summed E-state index contributed by atoms with van der Waals surface area (Å²) in [5, 5.41) is 13.3. The summed E-state index contributed by atoms with van der Waals surface area (Å²) in [7, 11) is -2.81. The lowest BCUT2D eigenvalue weighted by molar-refractivity contribution is -0.239. The molecule has 0 unspecified atom stereocenters. The van der Waals surface area contributed by atoms with Gasteiger partial charge in [0, 0.05) is 15.0 Å². The number of ether oxygens (including phenoxy) is 1.